The van der Waals surface area contributed by atoms with Crippen LogP contribution < -0.4 is 10.9 Å². The number of amides is 1. The molecule has 146 valence electrons. The summed E-state index contributed by atoms with van der Waals surface area (Å²) in [6.45, 7) is 0. The fourth-order valence-electron chi connectivity index (χ4n) is 2.54. The highest BCUT2D eigenvalue weighted by molar-refractivity contribution is 7.99. The highest BCUT2D eigenvalue weighted by Crippen LogP contribution is 2.24. The van der Waals surface area contributed by atoms with Gasteiger partial charge < -0.3 is 10.4 Å². The van der Waals surface area contributed by atoms with Crippen molar-refractivity contribution in [1.82, 2.24) is 14.5 Å². The zero-order valence-corrected chi connectivity index (χ0v) is 17.0. The van der Waals surface area contributed by atoms with Crippen LogP contribution in [0.3, 0.4) is 0 Å². The second-order valence-corrected chi connectivity index (χ2v) is 8.45. The fraction of sp³-hybridized carbons (Fsp3) is 0.0556. The summed E-state index contributed by atoms with van der Waals surface area (Å²) in [5.74, 6) is -1.28. The van der Waals surface area contributed by atoms with Crippen molar-refractivity contribution in [2.24, 2.45) is 0 Å². The van der Waals surface area contributed by atoms with Crippen molar-refractivity contribution >= 4 is 61.7 Å². The predicted octanol–water partition coefficient (Wildman–Crippen LogP) is 3.33. The first-order valence-corrected chi connectivity index (χ1v) is 10.9. The molecule has 0 atom stereocenters. The van der Waals surface area contributed by atoms with Crippen LogP contribution in [0.15, 0.2) is 57.2 Å². The van der Waals surface area contributed by atoms with Gasteiger partial charge in [0.2, 0.25) is 5.91 Å². The molecule has 0 fully saturated rings. The Kier molecular flexibility index (Phi) is 5.43. The second-order valence-electron chi connectivity index (χ2n) is 5.70. The number of aromatic carboxylic acids is 1. The third-order valence-electron chi connectivity index (χ3n) is 3.83. The van der Waals surface area contributed by atoms with Gasteiger partial charge in [0, 0.05) is 11.6 Å². The Morgan fingerprint density at radius 3 is 2.62 bits per heavy atom. The van der Waals surface area contributed by atoms with Crippen molar-refractivity contribution in [3.63, 3.8) is 0 Å². The smallest absolute Gasteiger partial charge is 0.335 e. The van der Waals surface area contributed by atoms with Gasteiger partial charge >= 0.3 is 5.97 Å². The molecule has 4 rings (SSSR count). The van der Waals surface area contributed by atoms with Crippen LogP contribution >= 0.6 is 34.4 Å². The molecule has 0 aliphatic carbocycles. The summed E-state index contributed by atoms with van der Waals surface area (Å²) >= 11 is 3.71. The lowest BCUT2D eigenvalue weighted by atomic mass is 10.2. The number of hydrogen-bond donors (Lipinski definition) is 2. The molecule has 3 aromatic heterocycles. The van der Waals surface area contributed by atoms with Crippen molar-refractivity contribution < 1.29 is 14.7 Å². The van der Waals surface area contributed by atoms with E-state index in [0.29, 0.717) is 26.2 Å². The third kappa shape index (κ3) is 4.06. The molecular formula is C18H12N4O4S3. The summed E-state index contributed by atoms with van der Waals surface area (Å²) < 4.78 is 1.88. The fourth-order valence-corrected chi connectivity index (χ4v) is 4.66. The van der Waals surface area contributed by atoms with Crippen LogP contribution in [0, 0.1) is 0 Å². The van der Waals surface area contributed by atoms with Crippen molar-refractivity contribution in [1.29, 1.82) is 0 Å². The quantitative estimate of drug-likeness (QED) is 0.346. The molecule has 0 radical (unpaired) electrons. The zero-order valence-electron chi connectivity index (χ0n) is 14.6. The van der Waals surface area contributed by atoms with Gasteiger partial charge in [-0.25, -0.2) is 14.8 Å². The largest absolute Gasteiger partial charge is 0.478 e. The number of carboxylic acids is 1. The monoisotopic (exact) mass is 444 g/mol. The molecule has 0 aliphatic heterocycles. The molecule has 29 heavy (non-hydrogen) atoms. The van der Waals surface area contributed by atoms with Gasteiger partial charge in [0.15, 0.2) is 10.3 Å². The first-order valence-electron chi connectivity index (χ1n) is 8.19. The van der Waals surface area contributed by atoms with E-state index in [0.717, 1.165) is 11.8 Å². The number of anilines is 1. The van der Waals surface area contributed by atoms with E-state index in [-0.39, 0.29) is 22.8 Å². The minimum absolute atomic E-state index is 0.0366. The SMILES string of the molecule is O=C(CSc1nc2ccsc2c(=O)n1-c1ccc(C(=O)O)cc1)Nc1nccs1. The van der Waals surface area contributed by atoms with Gasteiger partial charge in [0.25, 0.3) is 5.56 Å². The lowest BCUT2D eigenvalue weighted by Crippen LogP contribution is -2.22. The predicted molar refractivity (Wildman–Crippen MR) is 114 cm³/mol. The van der Waals surface area contributed by atoms with E-state index in [1.54, 1.807) is 35.2 Å². The summed E-state index contributed by atoms with van der Waals surface area (Å²) in [7, 11) is 0. The Morgan fingerprint density at radius 1 is 1.14 bits per heavy atom. The number of carbonyl (C=O) groups is 2. The number of fused-ring (bicyclic) bond motifs is 1. The maximum Gasteiger partial charge on any atom is 0.335 e. The molecule has 0 saturated carbocycles. The number of thiazole rings is 1. The van der Waals surface area contributed by atoms with Crippen LogP contribution in [0.2, 0.25) is 0 Å². The Labute approximate surface area is 175 Å². The highest BCUT2D eigenvalue weighted by Gasteiger charge is 2.16. The van der Waals surface area contributed by atoms with Crippen molar-refractivity contribution in [2.45, 2.75) is 5.16 Å². The number of carbonyl (C=O) groups excluding carboxylic acids is 1. The number of nitrogens with zero attached hydrogens (tertiary/aromatic N) is 3. The number of hydrogen-bond acceptors (Lipinski definition) is 8. The van der Waals surface area contributed by atoms with Crippen LogP contribution in [-0.2, 0) is 4.79 Å². The lowest BCUT2D eigenvalue weighted by Gasteiger charge is -2.12. The van der Waals surface area contributed by atoms with Crippen LogP contribution in [-0.4, -0.2) is 37.3 Å². The van der Waals surface area contributed by atoms with Gasteiger partial charge in [-0.2, -0.15) is 0 Å². The maximum atomic E-state index is 13.0. The van der Waals surface area contributed by atoms with Gasteiger partial charge in [-0.05, 0) is 35.7 Å². The minimum atomic E-state index is -1.05. The van der Waals surface area contributed by atoms with Gasteiger partial charge in [0.05, 0.1) is 22.5 Å². The van der Waals surface area contributed by atoms with Crippen LogP contribution in [0.25, 0.3) is 15.9 Å². The van der Waals surface area contributed by atoms with Gasteiger partial charge in [-0.1, -0.05) is 11.8 Å². The number of aromatic nitrogens is 3. The highest BCUT2D eigenvalue weighted by atomic mass is 32.2. The maximum absolute atomic E-state index is 13.0. The number of benzene rings is 1. The molecular weight excluding hydrogens is 432 g/mol. The first-order chi connectivity index (χ1) is 14.0. The van der Waals surface area contributed by atoms with E-state index in [9.17, 15) is 14.4 Å². The number of nitrogens with one attached hydrogen (secondary N) is 1. The first kappa shape index (κ1) is 19.3. The standard InChI is InChI=1S/C18H12N4O4S3/c23-13(21-17-19-6-8-28-17)9-29-18-20-12-5-7-27-14(12)15(24)22(18)11-3-1-10(2-4-11)16(25)26/h1-8H,9H2,(H,25,26)(H,19,21,23). The van der Waals surface area contributed by atoms with Gasteiger partial charge in [-0.15, -0.1) is 22.7 Å². The number of rotatable bonds is 6. The summed E-state index contributed by atoms with van der Waals surface area (Å²) in [5.41, 5.74) is 0.881. The van der Waals surface area contributed by atoms with E-state index in [4.69, 9.17) is 5.11 Å². The Balaban J connectivity index is 1.68. The topological polar surface area (TPSA) is 114 Å². The second kappa shape index (κ2) is 8.15. The molecule has 11 heteroatoms. The molecule has 2 N–H and O–H groups in total. The van der Waals surface area contributed by atoms with E-state index in [2.05, 4.69) is 15.3 Å². The molecule has 0 aliphatic rings. The summed E-state index contributed by atoms with van der Waals surface area (Å²) in [5, 5.41) is 16.2. The Bertz CT molecular complexity index is 1250. The van der Waals surface area contributed by atoms with Gasteiger partial charge in [-0.3, -0.25) is 14.2 Å². The van der Waals surface area contributed by atoms with Gasteiger partial charge in [0.1, 0.15) is 4.70 Å². The summed E-state index contributed by atoms with van der Waals surface area (Å²) in [4.78, 5) is 44.9. The average molecular weight is 445 g/mol. The number of thioether (sulfide) groups is 1. The van der Waals surface area contributed by atoms with Crippen LogP contribution in [0.1, 0.15) is 10.4 Å². The van der Waals surface area contributed by atoms with Crippen LogP contribution in [0.5, 0.6) is 0 Å². The number of carboxylic acid groups (broad SMARTS) is 1. The van der Waals surface area contributed by atoms with E-state index in [1.807, 2.05) is 0 Å². The van der Waals surface area contributed by atoms with Crippen LogP contribution in [0.4, 0.5) is 5.13 Å². The zero-order chi connectivity index (χ0) is 20.4. The number of thiophene rings is 1. The molecule has 0 bridgehead atoms. The Morgan fingerprint density at radius 2 is 1.93 bits per heavy atom. The molecule has 0 unspecified atom stereocenters. The summed E-state index contributed by atoms with van der Waals surface area (Å²) in [6, 6.07) is 7.69. The molecule has 0 saturated heterocycles. The molecule has 8 nitrogen and oxygen atoms in total. The van der Waals surface area contributed by atoms with Crippen molar-refractivity contribution in [3.05, 3.63) is 63.2 Å². The molecule has 4 aromatic rings. The van der Waals surface area contributed by atoms with E-state index >= 15 is 0 Å². The normalized spacial score (nSPS) is 10.9. The van der Waals surface area contributed by atoms with E-state index < -0.39 is 5.97 Å². The van der Waals surface area contributed by atoms with E-state index in [1.165, 1.54) is 39.4 Å². The lowest BCUT2D eigenvalue weighted by molar-refractivity contribution is -0.113. The summed E-state index contributed by atoms with van der Waals surface area (Å²) in [6.07, 6.45) is 1.60. The minimum Gasteiger partial charge on any atom is -0.478 e. The average Bonchev–Trinajstić information content (AvgIpc) is 3.38. The molecule has 0 spiro atoms. The molecule has 1 amide bonds. The van der Waals surface area contributed by atoms with Crippen molar-refractivity contribution in [3.8, 4) is 5.69 Å². The molecule has 3 heterocycles. The molecule has 1 aromatic carbocycles. The third-order valence-corrected chi connectivity index (χ3v) is 6.35. The Hall–Kier alpha value is -3.02. The van der Waals surface area contributed by atoms with Crippen molar-refractivity contribution in [2.75, 3.05) is 11.1 Å².